The molecular formula is C15H24N4O. The minimum Gasteiger partial charge on any atom is -0.337 e. The first kappa shape index (κ1) is 14.8. The van der Waals surface area contributed by atoms with Crippen LogP contribution in [0.4, 0.5) is 4.79 Å². The second-order valence-electron chi connectivity index (χ2n) is 5.30. The van der Waals surface area contributed by atoms with Crippen LogP contribution < -0.4 is 16.0 Å². The van der Waals surface area contributed by atoms with Gasteiger partial charge in [0.05, 0.1) is 0 Å². The van der Waals surface area contributed by atoms with Gasteiger partial charge in [0.2, 0.25) is 0 Å². The lowest BCUT2D eigenvalue weighted by Crippen LogP contribution is -2.39. The maximum absolute atomic E-state index is 11.4. The van der Waals surface area contributed by atoms with Gasteiger partial charge in [-0.15, -0.1) is 0 Å². The summed E-state index contributed by atoms with van der Waals surface area (Å²) in [5, 5.41) is 9.85. The second-order valence-corrected chi connectivity index (χ2v) is 5.30. The molecule has 110 valence electrons. The Morgan fingerprint density at radius 3 is 2.95 bits per heavy atom. The fourth-order valence-electron chi connectivity index (χ4n) is 2.45. The predicted molar refractivity (Wildman–Crippen MR) is 80.6 cm³/mol. The summed E-state index contributed by atoms with van der Waals surface area (Å²) in [6.45, 7) is 3.36. The van der Waals surface area contributed by atoms with Crippen molar-refractivity contribution in [3.8, 4) is 0 Å². The van der Waals surface area contributed by atoms with Crippen molar-refractivity contribution in [2.45, 2.75) is 19.0 Å². The first-order valence-corrected chi connectivity index (χ1v) is 7.15. The largest absolute Gasteiger partial charge is 0.337 e. The summed E-state index contributed by atoms with van der Waals surface area (Å²) in [7, 11) is 3.49. The third kappa shape index (κ3) is 3.95. The molecule has 20 heavy (non-hydrogen) atoms. The third-order valence-electron chi connectivity index (χ3n) is 3.55. The van der Waals surface area contributed by atoms with Crippen molar-refractivity contribution in [2.24, 2.45) is 0 Å². The summed E-state index contributed by atoms with van der Waals surface area (Å²) in [5.74, 6) is 0. The van der Waals surface area contributed by atoms with Gasteiger partial charge in [0.1, 0.15) is 0 Å². The van der Waals surface area contributed by atoms with E-state index in [2.05, 4.69) is 40.2 Å². The third-order valence-corrected chi connectivity index (χ3v) is 3.55. The molecule has 2 rings (SSSR count). The lowest BCUT2D eigenvalue weighted by Gasteiger charge is -2.19. The van der Waals surface area contributed by atoms with Crippen LogP contribution in [0.25, 0.3) is 0 Å². The highest BCUT2D eigenvalue weighted by Crippen LogP contribution is 2.22. The Hall–Kier alpha value is -1.59. The molecule has 0 aromatic heterocycles. The fourth-order valence-corrected chi connectivity index (χ4v) is 2.45. The molecule has 0 spiro atoms. The van der Waals surface area contributed by atoms with Gasteiger partial charge in [0.15, 0.2) is 0 Å². The van der Waals surface area contributed by atoms with Crippen LogP contribution in [0.3, 0.4) is 0 Å². The van der Waals surface area contributed by atoms with E-state index in [-0.39, 0.29) is 6.03 Å². The van der Waals surface area contributed by atoms with E-state index in [9.17, 15) is 4.79 Å². The Morgan fingerprint density at radius 1 is 1.35 bits per heavy atom. The van der Waals surface area contributed by atoms with E-state index in [1.807, 2.05) is 0 Å². The first-order chi connectivity index (χ1) is 9.68. The van der Waals surface area contributed by atoms with Crippen molar-refractivity contribution in [3.63, 3.8) is 0 Å². The number of nitrogens with zero attached hydrogens (tertiary/aromatic N) is 1. The molecule has 5 nitrogen and oxygen atoms in total. The number of hydrogen-bond acceptors (Lipinski definition) is 3. The van der Waals surface area contributed by atoms with Gasteiger partial charge in [-0.25, -0.2) is 4.79 Å². The van der Waals surface area contributed by atoms with Gasteiger partial charge in [0, 0.05) is 39.8 Å². The highest BCUT2D eigenvalue weighted by molar-refractivity contribution is 5.73. The lowest BCUT2D eigenvalue weighted by molar-refractivity contribution is 0.217. The molecule has 1 atom stereocenters. The number of carbonyl (C=O) groups is 1. The van der Waals surface area contributed by atoms with Crippen LogP contribution in [0.2, 0.25) is 0 Å². The zero-order valence-corrected chi connectivity index (χ0v) is 12.3. The molecule has 1 heterocycles. The van der Waals surface area contributed by atoms with E-state index in [1.165, 1.54) is 11.1 Å². The molecule has 5 heteroatoms. The molecule has 1 aromatic rings. The Labute approximate surface area is 120 Å². The van der Waals surface area contributed by atoms with E-state index in [1.54, 1.807) is 19.0 Å². The van der Waals surface area contributed by atoms with Crippen molar-refractivity contribution >= 4 is 6.03 Å². The summed E-state index contributed by atoms with van der Waals surface area (Å²) >= 11 is 0. The van der Waals surface area contributed by atoms with E-state index < -0.39 is 0 Å². The van der Waals surface area contributed by atoms with Crippen LogP contribution in [0.15, 0.2) is 24.3 Å². The number of amides is 2. The predicted octanol–water partition coefficient (Wildman–Crippen LogP) is 1.08. The molecule has 0 saturated heterocycles. The van der Waals surface area contributed by atoms with E-state index in [4.69, 9.17) is 0 Å². The average molecular weight is 276 g/mol. The van der Waals surface area contributed by atoms with Crippen LogP contribution in [-0.2, 0) is 6.54 Å². The fraction of sp³-hybridized carbons (Fsp3) is 0.533. The highest BCUT2D eigenvalue weighted by atomic mass is 16.2. The van der Waals surface area contributed by atoms with Crippen LogP contribution in [0, 0.1) is 0 Å². The summed E-state index contributed by atoms with van der Waals surface area (Å²) in [6, 6.07) is 8.86. The van der Waals surface area contributed by atoms with Crippen LogP contribution in [0.1, 0.15) is 23.6 Å². The van der Waals surface area contributed by atoms with Gasteiger partial charge in [-0.1, -0.05) is 24.3 Å². The van der Waals surface area contributed by atoms with Crippen molar-refractivity contribution < 1.29 is 4.79 Å². The van der Waals surface area contributed by atoms with E-state index in [0.717, 1.165) is 26.1 Å². The smallest absolute Gasteiger partial charge is 0.316 e. The van der Waals surface area contributed by atoms with Crippen molar-refractivity contribution in [1.82, 2.24) is 20.9 Å². The normalized spacial score (nSPS) is 18.0. The van der Waals surface area contributed by atoms with Crippen molar-refractivity contribution in [3.05, 3.63) is 35.4 Å². The Bertz CT molecular complexity index is 447. The molecule has 0 saturated carbocycles. The topological polar surface area (TPSA) is 56.4 Å². The molecule has 0 radical (unpaired) electrons. The summed E-state index contributed by atoms with van der Waals surface area (Å²) in [5.41, 5.74) is 2.73. The Balaban J connectivity index is 1.85. The lowest BCUT2D eigenvalue weighted by atomic mass is 9.99. The van der Waals surface area contributed by atoms with Crippen molar-refractivity contribution in [1.29, 1.82) is 0 Å². The standard InChI is InChI=1S/C15H24N4O/c1-19(2)15(20)18-10-9-17-14-7-8-16-11-12-5-3-4-6-13(12)14/h3-6,14,16-17H,7-11H2,1-2H3,(H,18,20). The zero-order chi connectivity index (χ0) is 14.4. The van der Waals surface area contributed by atoms with Gasteiger partial charge in [-0.3, -0.25) is 0 Å². The molecule has 0 bridgehead atoms. The number of benzene rings is 1. The van der Waals surface area contributed by atoms with Crippen LogP contribution >= 0.6 is 0 Å². The molecular weight excluding hydrogens is 252 g/mol. The van der Waals surface area contributed by atoms with Gasteiger partial charge < -0.3 is 20.9 Å². The number of nitrogens with one attached hydrogen (secondary N) is 3. The maximum atomic E-state index is 11.4. The molecule has 1 unspecified atom stereocenters. The minimum absolute atomic E-state index is 0.0465. The number of rotatable bonds is 4. The quantitative estimate of drug-likeness (QED) is 0.721. The molecule has 0 fully saturated rings. The molecule has 2 amide bonds. The molecule has 1 aromatic carbocycles. The number of carbonyl (C=O) groups excluding carboxylic acids is 1. The minimum atomic E-state index is -0.0465. The monoisotopic (exact) mass is 276 g/mol. The van der Waals surface area contributed by atoms with Gasteiger partial charge in [-0.2, -0.15) is 0 Å². The average Bonchev–Trinajstić information content (AvgIpc) is 2.65. The maximum Gasteiger partial charge on any atom is 0.316 e. The van der Waals surface area contributed by atoms with Crippen LogP contribution in [0.5, 0.6) is 0 Å². The number of hydrogen-bond donors (Lipinski definition) is 3. The Kier molecular flexibility index (Phi) is 5.38. The van der Waals surface area contributed by atoms with Crippen LogP contribution in [-0.4, -0.2) is 44.7 Å². The summed E-state index contributed by atoms with van der Waals surface area (Å²) in [6.07, 6.45) is 1.07. The molecule has 1 aliphatic heterocycles. The Morgan fingerprint density at radius 2 is 2.15 bits per heavy atom. The van der Waals surface area contributed by atoms with Gasteiger partial charge in [0.25, 0.3) is 0 Å². The SMILES string of the molecule is CN(C)C(=O)NCCNC1CCNCc2ccccc21. The molecule has 1 aliphatic rings. The van der Waals surface area contributed by atoms with E-state index >= 15 is 0 Å². The first-order valence-electron chi connectivity index (χ1n) is 7.15. The summed E-state index contributed by atoms with van der Waals surface area (Å²) < 4.78 is 0. The van der Waals surface area contributed by atoms with Crippen molar-refractivity contribution in [2.75, 3.05) is 33.7 Å². The number of fused-ring (bicyclic) bond motifs is 1. The van der Waals surface area contributed by atoms with Gasteiger partial charge in [-0.05, 0) is 24.1 Å². The highest BCUT2D eigenvalue weighted by Gasteiger charge is 2.17. The zero-order valence-electron chi connectivity index (χ0n) is 12.3. The molecule has 3 N–H and O–H groups in total. The molecule has 0 aliphatic carbocycles. The number of urea groups is 1. The second kappa shape index (κ2) is 7.26. The van der Waals surface area contributed by atoms with Gasteiger partial charge >= 0.3 is 6.03 Å². The van der Waals surface area contributed by atoms with E-state index in [0.29, 0.717) is 12.6 Å². The summed E-state index contributed by atoms with van der Waals surface area (Å²) in [4.78, 5) is 13.0.